The Labute approximate surface area is 111 Å². The van der Waals surface area contributed by atoms with Gasteiger partial charge >= 0.3 is 0 Å². The molecule has 19 heavy (non-hydrogen) atoms. The Kier molecular flexibility index (Phi) is 3.77. The highest BCUT2D eigenvalue weighted by Crippen LogP contribution is 2.35. The lowest BCUT2D eigenvalue weighted by molar-refractivity contribution is 0.463. The molecule has 0 fully saturated rings. The molecular formula is C14H13FN4. The van der Waals surface area contributed by atoms with Crippen LogP contribution in [0.3, 0.4) is 0 Å². The van der Waals surface area contributed by atoms with Crippen molar-refractivity contribution in [2.75, 3.05) is 6.54 Å². The number of halogens is 1. The molecule has 5 heteroatoms. The third-order valence-corrected chi connectivity index (χ3v) is 3.44. The van der Waals surface area contributed by atoms with Gasteiger partial charge in [-0.05, 0) is 18.6 Å². The van der Waals surface area contributed by atoms with Gasteiger partial charge < -0.3 is 5.43 Å². The van der Waals surface area contributed by atoms with E-state index < -0.39 is 11.8 Å². The summed E-state index contributed by atoms with van der Waals surface area (Å²) in [6.07, 6.45) is 0. The molecule has 1 heterocycles. The largest absolute Gasteiger partial charge is 0.309 e. The predicted octanol–water partition coefficient (Wildman–Crippen LogP) is 2.17. The summed E-state index contributed by atoms with van der Waals surface area (Å²) in [5, 5.41) is 22.4. The van der Waals surface area contributed by atoms with Crippen molar-refractivity contribution >= 4 is 5.71 Å². The van der Waals surface area contributed by atoms with Gasteiger partial charge in [-0.3, -0.25) is 0 Å². The van der Waals surface area contributed by atoms with Crippen LogP contribution in [0.1, 0.15) is 18.4 Å². The molecule has 0 spiro atoms. The lowest BCUT2D eigenvalue weighted by Gasteiger charge is -2.24. The third kappa shape index (κ3) is 2.41. The summed E-state index contributed by atoms with van der Waals surface area (Å²) in [6, 6.07) is 10.2. The maximum Gasteiger partial charge on any atom is 0.140 e. The summed E-state index contributed by atoms with van der Waals surface area (Å²) in [7, 11) is 0. The van der Waals surface area contributed by atoms with Crippen LogP contribution in [0.4, 0.5) is 4.39 Å². The zero-order valence-electron chi connectivity index (χ0n) is 10.5. The van der Waals surface area contributed by atoms with E-state index in [4.69, 9.17) is 10.5 Å². The number of hydrazone groups is 1. The molecule has 0 aliphatic carbocycles. The van der Waals surface area contributed by atoms with Gasteiger partial charge in [-0.1, -0.05) is 18.2 Å². The molecule has 1 aromatic rings. The quantitative estimate of drug-likeness (QED) is 0.900. The van der Waals surface area contributed by atoms with Crippen molar-refractivity contribution in [3.8, 4) is 12.1 Å². The van der Waals surface area contributed by atoms with E-state index in [0.717, 1.165) is 5.71 Å². The Morgan fingerprint density at radius 1 is 1.37 bits per heavy atom. The second-order valence-corrected chi connectivity index (χ2v) is 4.51. The fourth-order valence-corrected chi connectivity index (χ4v) is 2.45. The van der Waals surface area contributed by atoms with Gasteiger partial charge in [0.25, 0.3) is 0 Å². The molecule has 0 unspecified atom stereocenters. The topological polar surface area (TPSA) is 72.0 Å². The van der Waals surface area contributed by atoms with Crippen LogP contribution >= 0.6 is 0 Å². The molecule has 1 aliphatic heterocycles. The molecule has 0 saturated carbocycles. The standard InChI is InChI=1S/C14H13FN4/c1-9-12(8-18-19-9)14(10(6-16)7-17)11-4-2-3-5-13(11)15/h2-5,10,12,14,18H,8H2,1H3/t12-,14+/m1/s1. The first-order valence-corrected chi connectivity index (χ1v) is 5.99. The Bertz CT molecular complexity index is 568. The van der Waals surface area contributed by atoms with Crippen LogP contribution in [0.2, 0.25) is 0 Å². The summed E-state index contributed by atoms with van der Waals surface area (Å²) in [5.41, 5.74) is 4.04. The molecule has 4 nitrogen and oxygen atoms in total. The number of benzene rings is 1. The van der Waals surface area contributed by atoms with Crippen LogP contribution < -0.4 is 5.43 Å². The molecule has 0 bridgehead atoms. The number of nitrogens with one attached hydrogen (secondary N) is 1. The number of nitriles is 2. The van der Waals surface area contributed by atoms with E-state index in [2.05, 4.69) is 10.5 Å². The first-order chi connectivity index (χ1) is 9.19. The van der Waals surface area contributed by atoms with Gasteiger partial charge in [0, 0.05) is 24.1 Å². The minimum Gasteiger partial charge on any atom is -0.309 e. The van der Waals surface area contributed by atoms with Gasteiger partial charge in [0.15, 0.2) is 0 Å². The van der Waals surface area contributed by atoms with Gasteiger partial charge in [0.05, 0.1) is 12.1 Å². The average Bonchev–Trinajstić information content (AvgIpc) is 2.83. The SMILES string of the molecule is CC1=NNC[C@H]1[C@H](c1ccccc1F)C(C#N)C#N. The normalized spacial score (nSPS) is 19.2. The number of nitrogens with zero attached hydrogens (tertiary/aromatic N) is 3. The monoisotopic (exact) mass is 256 g/mol. The molecule has 0 amide bonds. The van der Waals surface area contributed by atoms with E-state index in [-0.39, 0.29) is 11.7 Å². The number of hydrogen-bond acceptors (Lipinski definition) is 4. The molecule has 1 aromatic carbocycles. The first kappa shape index (κ1) is 13.0. The molecule has 96 valence electrons. The van der Waals surface area contributed by atoms with Crippen LogP contribution in [-0.2, 0) is 0 Å². The minimum absolute atomic E-state index is 0.138. The second kappa shape index (κ2) is 5.49. The summed E-state index contributed by atoms with van der Waals surface area (Å²) in [6.45, 7) is 2.34. The predicted molar refractivity (Wildman–Crippen MR) is 68.5 cm³/mol. The van der Waals surface area contributed by atoms with E-state index >= 15 is 0 Å². The van der Waals surface area contributed by atoms with Gasteiger partial charge in [-0.15, -0.1) is 0 Å². The lowest BCUT2D eigenvalue weighted by atomic mass is 9.76. The minimum atomic E-state index is -0.896. The second-order valence-electron chi connectivity index (χ2n) is 4.51. The summed E-state index contributed by atoms with van der Waals surface area (Å²) in [4.78, 5) is 0. The Morgan fingerprint density at radius 2 is 2.05 bits per heavy atom. The van der Waals surface area contributed by atoms with Crippen molar-refractivity contribution in [2.45, 2.75) is 12.8 Å². The maximum absolute atomic E-state index is 14.0. The fourth-order valence-electron chi connectivity index (χ4n) is 2.45. The molecule has 1 aliphatic rings. The molecule has 0 saturated heterocycles. The molecular weight excluding hydrogens is 243 g/mol. The molecule has 2 atom stereocenters. The number of rotatable bonds is 3. The van der Waals surface area contributed by atoms with Crippen LogP contribution in [0, 0.1) is 40.3 Å². The Hall–Kier alpha value is -2.40. The first-order valence-electron chi connectivity index (χ1n) is 5.99. The van der Waals surface area contributed by atoms with Gasteiger partial charge in [0.1, 0.15) is 11.7 Å². The highest BCUT2D eigenvalue weighted by atomic mass is 19.1. The third-order valence-electron chi connectivity index (χ3n) is 3.44. The highest BCUT2D eigenvalue weighted by Gasteiger charge is 2.36. The van der Waals surface area contributed by atoms with Crippen LogP contribution in [0.5, 0.6) is 0 Å². The van der Waals surface area contributed by atoms with E-state index in [1.807, 2.05) is 19.1 Å². The van der Waals surface area contributed by atoms with Crippen molar-refractivity contribution in [1.82, 2.24) is 5.43 Å². The van der Waals surface area contributed by atoms with Gasteiger partial charge in [-0.25, -0.2) is 4.39 Å². The van der Waals surface area contributed by atoms with Crippen LogP contribution in [-0.4, -0.2) is 12.3 Å². The van der Waals surface area contributed by atoms with Crippen molar-refractivity contribution in [3.63, 3.8) is 0 Å². The fraction of sp³-hybridized carbons (Fsp3) is 0.357. The van der Waals surface area contributed by atoms with E-state index in [1.165, 1.54) is 6.07 Å². The van der Waals surface area contributed by atoms with Crippen molar-refractivity contribution in [3.05, 3.63) is 35.6 Å². The van der Waals surface area contributed by atoms with E-state index in [9.17, 15) is 4.39 Å². The smallest absolute Gasteiger partial charge is 0.140 e. The van der Waals surface area contributed by atoms with Gasteiger partial charge in [0.2, 0.25) is 0 Å². The Balaban J connectivity index is 2.47. The molecule has 0 aromatic heterocycles. The Morgan fingerprint density at radius 3 is 2.58 bits per heavy atom. The zero-order valence-corrected chi connectivity index (χ0v) is 10.5. The highest BCUT2D eigenvalue weighted by molar-refractivity contribution is 5.86. The molecule has 1 N–H and O–H groups in total. The summed E-state index contributed by atoms with van der Waals surface area (Å²) >= 11 is 0. The molecule has 2 rings (SSSR count). The van der Waals surface area contributed by atoms with E-state index in [1.54, 1.807) is 18.2 Å². The zero-order chi connectivity index (χ0) is 13.8. The van der Waals surface area contributed by atoms with Crippen LogP contribution in [0.25, 0.3) is 0 Å². The van der Waals surface area contributed by atoms with E-state index in [0.29, 0.717) is 12.1 Å². The summed E-state index contributed by atoms with van der Waals surface area (Å²) < 4.78 is 14.0. The molecule has 0 radical (unpaired) electrons. The van der Waals surface area contributed by atoms with Crippen molar-refractivity contribution in [2.24, 2.45) is 16.9 Å². The summed E-state index contributed by atoms with van der Waals surface area (Å²) in [5.74, 6) is -1.93. The average molecular weight is 256 g/mol. The number of hydrogen-bond donors (Lipinski definition) is 1. The lowest BCUT2D eigenvalue weighted by Crippen LogP contribution is -2.28. The van der Waals surface area contributed by atoms with Crippen molar-refractivity contribution in [1.29, 1.82) is 10.5 Å². The van der Waals surface area contributed by atoms with Crippen molar-refractivity contribution < 1.29 is 4.39 Å². The maximum atomic E-state index is 14.0. The van der Waals surface area contributed by atoms with Crippen LogP contribution in [0.15, 0.2) is 29.4 Å². The van der Waals surface area contributed by atoms with Gasteiger partial charge in [-0.2, -0.15) is 15.6 Å².